The van der Waals surface area contributed by atoms with Crippen LogP contribution in [0, 0.1) is 5.82 Å². The lowest BCUT2D eigenvalue weighted by Crippen LogP contribution is -2.36. The first kappa shape index (κ1) is 19.1. The van der Waals surface area contributed by atoms with Crippen molar-refractivity contribution >= 4 is 29.9 Å². The summed E-state index contributed by atoms with van der Waals surface area (Å²) in [5.74, 6) is -0.643. The Hall–Kier alpha value is -0.880. The van der Waals surface area contributed by atoms with Crippen LogP contribution in [0.25, 0.3) is 0 Å². The van der Waals surface area contributed by atoms with Crippen molar-refractivity contribution in [3.05, 3.63) is 34.6 Å². The van der Waals surface area contributed by atoms with Crippen molar-refractivity contribution in [2.45, 2.75) is 13.0 Å². The fourth-order valence-corrected chi connectivity index (χ4v) is 1.99. The molecule has 0 aliphatic heterocycles. The van der Waals surface area contributed by atoms with Crippen molar-refractivity contribution in [3.63, 3.8) is 0 Å². The first-order valence-electron chi connectivity index (χ1n) is 5.99. The Labute approximate surface area is 129 Å². The Kier molecular flexibility index (Phi) is 9.50. The molecule has 20 heavy (non-hydrogen) atoms. The Bertz CT molecular complexity index is 413. The lowest BCUT2D eigenvalue weighted by Gasteiger charge is -2.16. The van der Waals surface area contributed by atoms with Gasteiger partial charge in [0.15, 0.2) is 0 Å². The van der Waals surface area contributed by atoms with Gasteiger partial charge in [0.2, 0.25) is 5.91 Å². The number of carbonyl (C=O) groups excluding carboxylic acids is 1. The number of hydrogen-bond donors (Lipinski definition) is 2. The van der Waals surface area contributed by atoms with Gasteiger partial charge in [-0.3, -0.25) is 4.79 Å². The van der Waals surface area contributed by atoms with Crippen molar-refractivity contribution < 1.29 is 13.9 Å². The average molecular weight is 325 g/mol. The van der Waals surface area contributed by atoms with Crippen molar-refractivity contribution in [1.29, 1.82) is 0 Å². The minimum absolute atomic E-state index is 0. The number of nitrogens with one attached hydrogen (secondary N) is 2. The zero-order valence-electron chi connectivity index (χ0n) is 11.4. The summed E-state index contributed by atoms with van der Waals surface area (Å²) in [7, 11) is 1.59. The summed E-state index contributed by atoms with van der Waals surface area (Å²) in [5, 5.41) is 5.90. The maximum absolute atomic E-state index is 13.6. The zero-order chi connectivity index (χ0) is 14.3. The Morgan fingerprint density at radius 2 is 2.20 bits per heavy atom. The molecule has 1 aromatic rings. The average Bonchev–Trinajstić information content (AvgIpc) is 2.34. The monoisotopic (exact) mass is 324 g/mol. The minimum atomic E-state index is -0.481. The van der Waals surface area contributed by atoms with E-state index in [9.17, 15) is 9.18 Å². The van der Waals surface area contributed by atoms with Crippen molar-refractivity contribution in [2.24, 2.45) is 0 Å². The maximum atomic E-state index is 13.6. The highest BCUT2D eigenvalue weighted by Gasteiger charge is 2.16. The molecule has 0 radical (unpaired) electrons. The van der Waals surface area contributed by atoms with Crippen molar-refractivity contribution in [1.82, 2.24) is 10.6 Å². The van der Waals surface area contributed by atoms with Crippen LogP contribution in [0.4, 0.5) is 4.39 Å². The number of carbonyl (C=O) groups is 1. The lowest BCUT2D eigenvalue weighted by molar-refractivity contribution is -0.120. The third-order valence-electron chi connectivity index (χ3n) is 2.58. The summed E-state index contributed by atoms with van der Waals surface area (Å²) < 4.78 is 18.5. The SMILES string of the molecule is COCCNCC(=O)NC(C)c1c(F)cccc1Cl.Cl. The lowest BCUT2D eigenvalue weighted by atomic mass is 10.1. The fraction of sp³-hybridized carbons (Fsp3) is 0.462. The van der Waals surface area contributed by atoms with Crippen LogP contribution >= 0.6 is 24.0 Å². The van der Waals surface area contributed by atoms with E-state index >= 15 is 0 Å². The maximum Gasteiger partial charge on any atom is 0.234 e. The largest absolute Gasteiger partial charge is 0.383 e. The first-order chi connectivity index (χ1) is 9.06. The van der Waals surface area contributed by atoms with E-state index in [0.717, 1.165) is 0 Å². The molecule has 1 atom stereocenters. The van der Waals surface area contributed by atoms with Crippen LogP contribution < -0.4 is 10.6 Å². The predicted octanol–water partition coefficient (Wildman–Crippen LogP) is 2.31. The zero-order valence-corrected chi connectivity index (χ0v) is 13.0. The number of ether oxygens (including phenoxy) is 1. The summed E-state index contributed by atoms with van der Waals surface area (Å²) in [6, 6.07) is 3.97. The highest BCUT2D eigenvalue weighted by molar-refractivity contribution is 6.31. The van der Waals surface area contributed by atoms with E-state index in [2.05, 4.69) is 10.6 Å². The van der Waals surface area contributed by atoms with E-state index in [1.54, 1.807) is 20.1 Å². The summed E-state index contributed by atoms with van der Waals surface area (Å²) >= 11 is 5.93. The molecule has 0 aliphatic rings. The second kappa shape index (κ2) is 9.94. The van der Waals surface area contributed by atoms with Crippen LogP contribution in [-0.4, -0.2) is 32.7 Å². The molecule has 0 saturated carbocycles. The molecule has 0 aliphatic carbocycles. The number of rotatable bonds is 7. The van der Waals surface area contributed by atoms with E-state index in [-0.39, 0.29) is 24.9 Å². The molecule has 0 heterocycles. The third kappa shape index (κ3) is 6.05. The molecular formula is C13H19Cl2FN2O2. The number of hydrogen-bond acceptors (Lipinski definition) is 3. The molecule has 7 heteroatoms. The molecule has 0 aromatic heterocycles. The first-order valence-corrected chi connectivity index (χ1v) is 6.37. The number of methoxy groups -OCH3 is 1. The van der Waals surface area contributed by atoms with E-state index in [0.29, 0.717) is 23.7 Å². The van der Waals surface area contributed by atoms with Crippen LogP contribution in [0.3, 0.4) is 0 Å². The number of amides is 1. The second-order valence-corrected chi connectivity index (χ2v) is 4.50. The van der Waals surface area contributed by atoms with Gasteiger partial charge in [0, 0.05) is 24.2 Å². The van der Waals surface area contributed by atoms with Crippen LogP contribution in [0.2, 0.25) is 5.02 Å². The van der Waals surface area contributed by atoms with Crippen LogP contribution in [0.15, 0.2) is 18.2 Å². The molecule has 2 N–H and O–H groups in total. The van der Waals surface area contributed by atoms with E-state index in [1.165, 1.54) is 12.1 Å². The quantitative estimate of drug-likeness (QED) is 0.757. The van der Waals surface area contributed by atoms with Gasteiger partial charge in [0.25, 0.3) is 0 Å². The highest BCUT2D eigenvalue weighted by atomic mass is 35.5. The minimum Gasteiger partial charge on any atom is -0.383 e. The second-order valence-electron chi connectivity index (χ2n) is 4.09. The molecule has 1 unspecified atom stereocenters. The molecule has 0 saturated heterocycles. The van der Waals surface area contributed by atoms with Crippen LogP contribution in [0.1, 0.15) is 18.5 Å². The van der Waals surface area contributed by atoms with Crippen molar-refractivity contribution in [3.8, 4) is 0 Å². The molecule has 114 valence electrons. The molecule has 4 nitrogen and oxygen atoms in total. The van der Waals surface area contributed by atoms with Gasteiger partial charge in [-0.2, -0.15) is 0 Å². The molecule has 1 rings (SSSR count). The Balaban J connectivity index is 0.00000361. The van der Waals surface area contributed by atoms with Gasteiger partial charge in [0.1, 0.15) is 5.82 Å². The van der Waals surface area contributed by atoms with Gasteiger partial charge in [-0.15, -0.1) is 12.4 Å². The normalized spacial score (nSPS) is 11.6. The van der Waals surface area contributed by atoms with Gasteiger partial charge in [-0.1, -0.05) is 17.7 Å². The summed E-state index contributed by atoms with van der Waals surface area (Å²) in [5.41, 5.74) is 0.300. The van der Waals surface area contributed by atoms with Gasteiger partial charge in [-0.25, -0.2) is 4.39 Å². The molecule has 1 aromatic carbocycles. The molecule has 0 bridgehead atoms. The van der Waals surface area contributed by atoms with Crippen LogP contribution in [0.5, 0.6) is 0 Å². The van der Waals surface area contributed by atoms with Gasteiger partial charge >= 0.3 is 0 Å². The third-order valence-corrected chi connectivity index (χ3v) is 2.91. The standard InChI is InChI=1S/C13H18ClFN2O2.ClH/c1-9(13-10(14)4-3-5-11(13)15)17-12(18)8-16-6-7-19-2;/h3-5,9,16H,6-8H2,1-2H3,(H,17,18);1H. The molecule has 0 spiro atoms. The number of benzene rings is 1. The van der Waals surface area contributed by atoms with E-state index < -0.39 is 11.9 Å². The summed E-state index contributed by atoms with van der Waals surface area (Å²) in [6.45, 7) is 2.96. The van der Waals surface area contributed by atoms with Crippen molar-refractivity contribution in [2.75, 3.05) is 26.8 Å². The van der Waals surface area contributed by atoms with Crippen LogP contribution in [-0.2, 0) is 9.53 Å². The summed E-state index contributed by atoms with van der Waals surface area (Å²) in [4.78, 5) is 11.6. The molecular weight excluding hydrogens is 306 g/mol. The predicted molar refractivity (Wildman–Crippen MR) is 80.0 cm³/mol. The van der Waals surface area contributed by atoms with Gasteiger partial charge < -0.3 is 15.4 Å². The number of halogens is 3. The topological polar surface area (TPSA) is 50.4 Å². The van der Waals surface area contributed by atoms with E-state index in [4.69, 9.17) is 16.3 Å². The highest BCUT2D eigenvalue weighted by Crippen LogP contribution is 2.25. The molecule has 1 amide bonds. The summed E-state index contributed by atoms with van der Waals surface area (Å²) in [6.07, 6.45) is 0. The smallest absolute Gasteiger partial charge is 0.234 e. The Morgan fingerprint density at radius 1 is 1.50 bits per heavy atom. The van der Waals surface area contributed by atoms with Gasteiger partial charge in [0.05, 0.1) is 19.2 Å². The van der Waals surface area contributed by atoms with E-state index in [1.807, 2.05) is 0 Å². The van der Waals surface area contributed by atoms with Gasteiger partial charge in [-0.05, 0) is 19.1 Å². The fourth-order valence-electron chi connectivity index (χ4n) is 1.67. The molecule has 0 fully saturated rings. The Morgan fingerprint density at radius 3 is 2.80 bits per heavy atom.